The molecule has 5 aromatic rings. The molecular weight excluding hydrogens is 814 g/mol. The van der Waals surface area contributed by atoms with Crippen molar-refractivity contribution in [2.45, 2.75) is 90.1 Å². The number of imide groups is 2. The number of benzene rings is 3. The van der Waals surface area contributed by atoms with Gasteiger partial charge in [-0.3, -0.25) is 53.4 Å². The van der Waals surface area contributed by atoms with E-state index in [-0.39, 0.29) is 60.0 Å². The van der Waals surface area contributed by atoms with Crippen LogP contribution in [-0.4, -0.2) is 72.0 Å². The summed E-state index contributed by atoms with van der Waals surface area (Å²) >= 11 is 6.10. The highest BCUT2D eigenvalue weighted by atomic mass is 35.5. The third kappa shape index (κ3) is 10.7. The first kappa shape index (κ1) is 43.2. The predicted molar refractivity (Wildman–Crippen MR) is 227 cm³/mol. The summed E-state index contributed by atoms with van der Waals surface area (Å²) in [5.41, 5.74) is 4.12. The monoisotopic (exact) mass is 857 g/mol. The summed E-state index contributed by atoms with van der Waals surface area (Å²) in [5.74, 6) is -1.78. The van der Waals surface area contributed by atoms with Crippen LogP contribution in [0.15, 0.2) is 85.2 Å². The molecule has 318 valence electrons. The number of amides is 5. The molecule has 5 amide bonds. The third-order valence-corrected chi connectivity index (χ3v) is 11.1. The summed E-state index contributed by atoms with van der Waals surface area (Å²) in [6.45, 7) is 2.51. The Kier molecular flexibility index (Phi) is 13.7. The zero-order chi connectivity index (χ0) is 43.8. The van der Waals surface area contributed by atoms with Gasteiger partial charge in [-0.05, 0) is 92.1 Å². The van der Waals surface area contributed by atoms with Crippen molar-refractivity contribution < 1.29 is 38.3 Å². The van der Waals surface area contributed by atoms with Crippen molar-refractivity contribution in [3.05, 3.63) is 129 Å². The first-order valence-corrected chi connectivity index (χ1v) is 20.9. The Balaban J connectivity index is 0.794. The van der Waals surface area contributed by atoms with E-state index < -0.39 is 29.7 Å². The highest BCUT2D eigenvalue weighted by Gasteiger charge is 2.45. The van der Waals surface area contributed by atoms with Crippen molar-refractivity contribution in [2.24, 2.45) is 0 Å². The van der Waals surface area contributed by atoms with E-state index in [1.807, 2.05) is 43.5 Å². The van der Waals surface area contributed by atoms with E-state index in [0.717, 1.165) is 40.1 Å². The third-order valence-electron chi connectivity index (χ3n) is 10.7. The molecule has 7 rings (SSSR count). The molecule has 1 saturated heterocycles. The van der Waals surface area contributed by atoms with Crippen molar-refractivity contribution in [1.29, 1.82) is 0 Å². The standard InChI is InChI=1S/C46H44ClN7O8/c1-28-23-30(14-17-36(28)47)25-32(55)24-29-12-15-33(16-13-29)62-34-20-21-48-38(26-34)40(56)10-5-7-31-27-53(52-51-31)22-4-2-3-11-41(57)49-37-9-6-8-35-43(37)46(61)54(45(35)60)39-18-19-42(58)50-44(39)59/h6,8-9,12-17,20-21,23,26-27,39H,2-5,7,10-11,18-19,22,24-25H2,1H3,(H,49,57)(H,50,58,59). The number of carbonyl (C=O) groups excluding carboxylic acids is 7. The zero-order valence-electron chi connectivity index (χ0n) is 34.0. The van der Waals surface area contributed by atoms with Crippen molar-refractivity contribution in [3.63, 3.8) is 0 Å². The molecule has 2 aliphatic heterocycles. The summed E-state index contributed by atoms with van der Waals surface area (Å²) in [5, 5.41) is 14.0. The molecule has 1 unspecified atom stereocenters. The molecule has 3 aromatic carbocycles. The number of hydrogen-bond acceptors (Lipinski definition) is 11. The topological polar surface area (TPSA) is 200 Å². The molecule has 16 heteroatoms. The largest absolute Gasteiger partial charge is 0.457 e. The van der Waals surface area contributed by atoms with Gasteiger partial charge in [0.1, 0.15) is 29.0 Å². The fourth-order valence-electron chi connectivity index (χ4n) is 7.46. The van der Waals surface area contributed by atoms with Gasteiger partial charge in [-0.15, -0.1) is 5.10 Å². The number of nitrogens with zero attached hydrogens (tertiary/aromatic N) is 5. The Morgan fingerprint density at radius 2 is 1.66 bits per heavy atom. The maximum Gasteiger partial charge on any atom is 0.264 e. The predicted octanol–water partition coefficient (Wildman–Crippen LogP) is 6.59. The smallest absolute Gasteiger partial charge is 0.264 e. The van der Waals surface area contributed by atoms with E-state index in [9.17, 15) is 33.6 Å². The number of rotatable bonds is 19. The molecule has 1 atom stereocenters. The molecule has 1 fully saturated rings. The van der Waals surface area contributed by atoms with Crippen molar-refractivity contribution in [3.8, 4) is 11.5 Å². The average molecular weight is 858 g/mol. The van der Waals surface area contributed by atoms with Crippen LogP contribution in [0.1, 0.15) is 105 Å². The SMILES string of the molecule is Cc1cc(CC(=O)Cc2ccc(Oc3ccnc(C(=O)CCCc4cn(CCCCCC(=O)Nc5cccc6c5C(=O)N(C5CCC(=O)NC5=O)C6=O)nn4)c3)cc2)ccc1Cl. The minimum Gasteiger partial charge on any atom is -0.457 e. The van der Waals surface area contributed by atoms with Crippen LogP contribution < -0.4 is 15.4 Å². The molecular formula is C46H44ClN7O8. The maximum absolute atomic E-state index is 13.3. The summed E-state index contributed by atoms with van der Waals surface area (Å²) in [6.07, 6.45) is 7.64. The van der Waals surface area contributed by atoms with E-state index in [2.05, 4.69) is 25.9 Å². The number of fused-ring (bicyclic) bond motifs is 1. The summed E-state index contributed by atoms with van der Waals surface area (Å²) < 4.78 is 7.72. The van der Waals surface area contributed by atoms with Crippen molar-refractivity contribution in [1.82, 2.24) is 30.2 Å². The van der Waals surface area contributed by atoms with Crippen LogP contribution in [0.2, 0.25) is 5.02 Å². The van der Waals surface area contributed by atoms with Gasteiger partial charge >= 0.3 is 0 Å². The van der Waals surface area contributed by atoms with Gasteiger partial charge in [-0.2, -0.15) is 0 Å². The minimum atomic E-state index is -1.09. The molecule has 4 heterocycles. The van der Waals surface area contributed by atoms with Crippen molar-refractivity contribution in [2.75, 3.05) is 5.32 Å². The van der Waals surface area contributed by atoms with E-state index >= 15 is 0 Å². The fourth-order valence-corrected chi connectivity index (χ4v) is 7.58. The second-order valence-corrected chi connectivity index (χ2v) is 15.8. The van der Waals surface area contributed by atoms with Gasteiger partial charge in [0.2, 0.25) is 17.7 Å². The minimum absolute atomic E-state index is 0.0135. The van der Waals surface area contributed by atoms with Crippen molar-refractivity contribution >= 4 is 58.4 Å². The molecule has 0 saturated carbocycles. The summed E-state index contributed by atoms with van der Waals surface area (Å²) in [7, 11) is 0. The first-order chi connectivity index (χ1) is 29.9. The van der Waals surface area contributed by atoms with E-state index in [0.29, 0.717) is 60.9 Å². The number of anilines is 1. The Labute approximate surface area is 362 Å². The van der Waals surface area contributed by atoms with Gasteiger partial charge in [0, 0.05) is 62.1 Å². The van der Waals surface area contributed by atoms with Crippen LogP contribution in [0.4, 0.5) is 5.69 Å². The highest BCUT2D eigenvalue weighted by Crippen LogP contribution is 2.33. The van der Waals surface area contributed by atoms with E-state index in [1.54, 1.807) is 41.1 Å². The van der Waals surface area contributed by atoms with Crippen LogP contribution in [0, 0.1) is 6.92 Å². The number of aryl methyl sites for hydroxylation is 3. The number of nitrogens with one attached hydrogen (secondary N) is 2. The normalized spacial score (nSPS) is 14.7. The molecule has 15 nitrogen and oxygen atoms in total. The van der Waals surface area contributed by atoms with Crippen LogP contribution in [0.5, 0.6) is 11.5 Å². The number of Topliss-reactive ketones (excluding diaryl/α,β-unsaturated/α-hetero) is 2. The Hall–Kier alpha value is -6.87. The maximum atomic E-state index is 13.3. The lowest BCUT2D eigenvalue weighted by molar-refractivity contribution is -0.136. The number of ether oxygens (including phenoxy) is 1. The number of piperidine rings is 1. The Morgan fingerprint density at radius 3 is 2.45 bits per heavy atom. The number of halogens is 1. The number of aromatic nitrogens is 4. The quantitative estimate of drug-likeness (QED) is 0.0516. The van der Waals surface area contributed by atoms with Gasteiger partial charge in [0.05, 0.1) is 22.5 Å². The number of pyridine rings is 1. The van der Waals surface area contributed by atoms with E-state index in [4.69, 9.17) is 16.3 Å². The second-order valence-electron chi connectivity index (χ2n) is 15.4. The van der Waals surface area contributed by atoms with Gasteiger partial charge in [0.15, 0.2) is 5.78 Å². The lowest BCUT2D eigenvalue weighted by Gasteiger charge is -2.27. The molecule has 0 spiro atoms. The fraction of sp³-hybridized carbons (Fsp3) is 0.304. The molecule has 2 aliphatic rings. The first-order valence-electron chi connectivity index (χ1n) is 20.5. The van der Waals surface area contributed by atoms with Gasteiger partial charge < -0.3 is 10.1 Å². The summed E-state index contributed by atoms with van der Waals surface area (Å²) in [6, 6.07) is 19.7. The van der Waals surface area contributed by atoms with Gasteiger partial charge in [-0.1, -0.05) is 53.6 Å². The van der Waals surface area contributed by atoms with Gasteiger partial charge in [-0.25, -0.2) is 0 Å². The number of carbonyl (C=O) groups is 7. The molecule has 0 aliphatic carbocycles. The number of hydrogen-bond donors (Lipinski definition) is 2. The number of unbranched alkanes of at least 4 members (excludes halogenated alkanes) is 2. The zero-order valence-corrected chi connectivity index (χ0v) is 34.8. The highest BCUT2D eigenvalue weighted by molar-refractivity contribution is 6.31. The van der Waals surface area contributed by atoms with Crippen LogP contribution >= 0.6 is 11.6 Å². The molecule has 0 bridgehead atoms. The molecule has 2 aromatic heterocycles. The van der Waals surface area contributed by atoms with Crippen LogP contribution in [0.3, 0.4) is 0 Å². The van der Waals surface area contributed by atoms with E-state index in [1.165, 1.54) is 12.3 Å². The Bertz CT molecular complexity index is 2550. The lowest BCUT2D eigenvalue weighted by atomic mass is 10.0. The second kappa shape index (κ2) is 19.7. The molecule has 0 radical (unpaired) electrons. The lowest BCUT2D eigenvalue weighted by Crippen LogP contribution is -2.54. The molecule has 2 N–H and O–H groups in total. The molecule has 62 heavy (non-hydrogen) atoms. The summed E-state index contributed by atoms with van der Waals surface area (Å²) in [4.78, 5) is 94.0. The van der Waals surface area contributed by atoms with Gasteiger partial charge in [0.25, 0.3) is 11.8 Å². The number of ketones is 2. The van der Waals surface area contributed by atoms with Crippen LogP contribution in [0.25, 0.3) is 0 Å². The average Bonchev–Trinajstić information content (AvgIpc) is 3.80. The Morgan fingerprint density at radius 1 is 0.871 bits per heavy atom. The van der Waals surface area contributed by atoms with Crippen LogP contribution in [-0.2, 0) is 45.0 Å².